The third kappa shape index (κ3) is 2.82. The van der Waals surface area contributed by atoms with Crippen molar-refractivity contribution in [3.8, 4) is 5.75 Å². The number of fused-ring (bicyclic) bond motifs is 2. The van der Waals surface area contributed by atoms with E-state index in [0.717, 1.165) is 27.3 Å². The van der Waals surface area contributed by atoms with Gasteiger partial charge in [0.25, 0.3) is 0 Å². The number of aromatic amines is 1. The van der Waals surface area contributed by atoms with Crippen LogP contribution in [0.15, 0.2) is 58.4 Å². The van der Waals surface area contributed by atoms with Crippen LogP contribution in [-0.4, -0.2) is 29.2 Å². The zero-order chi connectivity index (χ0) is 21.0. The van der Waals surface area contributed by atoms with Gasteiger partial charge in [-0.2, -0.15) is 0 Å². The Kier molecular flexibility index (Phi) is 4.56. The number of carbonyl (C=O) groups excluding carboxylic acids is 2. The summed E-state index contributed by atoms with van der Waals surface area (Å²) in [7, 11) is 1.57. The summed E-state index contributed by atoms with van der Waals surface area (Å²) < 4.78 is 5.19. The number of thioether (sulfide) groups is 1. The molecule has 5 rings (SSSR count). The molecule has 0 radical (unpaired) electrons. The molecule has 2 amide bonds. The number of amides is 2. The maximum Gasteiger partial charge on any atom is 0.305 e. The number of imide groups is 1. The van der Waals surface area contributed by atoms with Gasteiger partial charge in [0.15, 0.2) is 0 Å². The molecule has 2 aliphatic heterocycles. The van der Waals surface area contributed by atoms with Crippen LogP contribution in [0.2, 0.25) is 0 Å². The van der Waals surface area contributed by atoms with Gasteiger partial charge < -0.3 is 9.72 Å². The first-order valence-corrected chi connectivity index (χ1v) is 11.2. The molecular formula is C22H18N2O4S2. The van der Waals surface area contributed by atoms with Crippen LogP contribution in [0.4, 0.5) is 5.69 Å². The highest BCUT2D eigenvalue weighted by atomic mass is 32.2. The molecule has 30 heavy (non-hydrogen) atoms. The molecule has 1 N–H and O–H groups in total. The van der Waals surface area contributed by atoms with Crippen LogP contribution in [-0.2, 0) is 9.59 Å². The first-order valence-electron chi connectivity index (χ1n) is 9.46. The van der Waals surface area contributed by atoms with Gasteiger partial charge in [-0.15, -0.1) is 0 Å². The number of thiazole rings is 1. The highest BCUT2D eigenvalue weighted by molar-refractivity contribution is 8.00. The molecule has 0 unspecified atom stereocenters. The molecule has 1 fully saturated rings. The minimum atomic E-state index is -0.582. The maximum absolute atomic E-state index is 13.6. The molecule has 152 valence electrons. The zero-order valence-corrected chi connectivity index (χ0v) is 17.9. The Balaban J connectivity index is 1.64. The van der Waals surface area contributed by atoms with E-state index in [9.17, 15) is 14.4 Å². The molecule has 0 spiro atoms. The van der Waals surface area contributed by atoms with Gasteiger partial charge in [-0.1, -0.05) is 47.4 Å². The average molecular weight is 439 g/mol. The van der Waals surface area contributed by atoms with Gasteiger partial charge in [0, 0.05) is 10.8 Å². The summed E-state index contributed by atoms with van der Waals surface area (Å²) in [6.45, 7) is 1.99. The van der Waals surface area contributed by atoms with Crippen molar-refractivity contribution >= 4 is 40.6 Å². The van der Waals surface area contributed by atoms with E-state index in [1.165, 1.54) is 16.7 Å². The van der Waals surface area contributed by atoms with Gasteiger partial charge in [-0.05, 0) is 42.3 Å². The van der Waals surface area contributed by atoms with Crippen LogP contribution in [0.25, 0.3) is 0 Å². The normalized spacial score (nSPS) is 22.7. The van der Waals surface area contributed by atoms with Crippen molar-refractivity contribution in [2.24, 2.45) is 5.92 Å². The number of hydrogen-bond acceptors (Lipinski definition) is 6. The number of methoxy groups -OCH3 is 1. The SMILES string of the molecule is COc1ccc(N2C(=O)[C@H]3[C@H](c4ccccc4C)c4sc(=O)[nH]c4S[C@H]3C2=O)cc1. The molecule has 0 aliphatic carbocycles. The second-order valence-electron chi connectivity index (χ2n) is 7.32. The van der Waals surface area contributed by atoms with Gasteiger partial charge in [-0.3, -0.25) is 14.4 Å². The molecule has 3 atom stereocenters. The van der Waals surface area contributed by atoms with Gasteiger partial charge in [0.2, 0.25) is 11.8 Å². The molecule has 0 bridgehead atoms. The number of rotatable bonds is 3. The van der Waals surface area contributed by atoms with Crippen molar-refractivity contribution in [3.63, 3.8) is 0 Å². The third-order valence-electron chi connectivity index (χ3n) is 5.68. The molecular weight excluding hydrogens is 420 g/mol. The first kappa shape index (κ1) is 19.1. The number of benzene rings is 2. The largest absolute Gasteiger partial charge is 0.497 e. The molecule has 3 heterocycles. The lowest BCUT2D eigenvalue weighted by Gasteiger charge is -2.30. The summed E-state index contributed by atoms with van der Waals surface area (Å²) in [6.07, 6.45) is 0. The van der Waals surface area contributed by atoms with E-state index in [1.807, 2.05) is 31.2 Å². The molecule has 1 saturated heterocycles. The summed E-state index contributed by atoms with van der Waals surface area (Å²) in [4.78, 5) is 43.8. The topological polar surface area (TPSA) is 79.5 Å². The van der Waals surface area contributed by atoms with Crippen molar-refractivity contribution in [1.82, 2.24) is 4.98 Å². The molecule has 1 aromatic heterocycles. The fourth-order valence-corrected chi connectivity index (χ4v) is 6.78. The Morgan fingerprint density at radius 1 is 1.00 bits per heavy atom. The predicted octanol–water partition coefficient (Wildman–Crippen LogP) is 3.55. The van der Waals surface area contributed by atoms with Gasteiger partial charge in [0.05, 0.1) is 23.7 Å². The number of anilines is 1. The quantitative estimate of drug-likeness (QED) is 0.633. The fraction of sp³-hybridized carbons (Fsp3) is 0.227. The lowest BCUT2D eigenvalue weighted by atomic mass is 9.81. The van der Waals surface area contributed by atoms with Crippen molar-refractivity contribution < 1.29 is 14.3 Å². The summed E-state index contributed by atoms with van der Waals surface area (Å²) in [5, 5.41) is 0.110. The summed E-state index contributed by atoms with van der Waals surface area (Å²) in [5.41, 5.74) is 2.53. The summed E-state index contributed by atoms with van der Waals surface area (Å²) in [6, 6.07) is 14.7. The van der Waals surface area contributed by atoms with E-state index < -0.39 is 11.2 Å². The van der Waals surface area contributed by atoms with Gasteiger partial charge in [-0.25, -0.2) is 4.90 Å². The number of nitrogens with one attached hydrogen (secondary N) is 1. The van der Waals surface area contributed by atoms with Crippen molar-refractivity contribution in [3.05, 3.63) is 74.2 Å². The number of aromatic nitrogens is 1. The monoisotopic (exact) mass is 438 g/mol. The van der Waals surface area contributed by atoms with E-state index >= 15 is 0 Å². The van der Waals surface area contributed by atoms with E-state index in [-0.39, 0.29) is 22.6 Å². The Bertz CT molecular complexity index is 1210. The summed E-state index contributed by atoms with van der Waals surface area (Å²) in [5.74, 6) is -0.734. The average Bonchev–Trinajstić information content (AvgIpc) is 3.24. The standard InChI is InChI=1S/C22H18N2O4S2/c1-11-5-3-4-6-14(11)15-16-18(29-19-17(15)30-22(27)23-19)21(26)24(20(16)25)12-7-9-13(28-2)10-8-12/h3-10,15-16,18H,1-2H3,(H,23,27)/t15-,16-,18+/m0/s1. The van der Waals surface area contributed by atoms with Crippen molar-refractivity contribution in [2.75, 3.05) is 12.0 Å². The van der Waals surface area contributed by atoms with Crippen molar-refractivity contribution in [1.29, 1.82) is 0 Å². The molecule has 0 saturated carbocycles. The Hall–Kier alpha value is -2.84. The Labute approximate surface area is 180 Å². The van der Waals surface area contributed by atoms with E-state index in [0.29, 0.717) is 16.5 Å². The van der Waals surface area contributed by atoms with Crippen LogP contribution in [0, 0.1) is 12.8 Å². The number of aryl methyl sites for hydroxylation is 1. The molecule has 3 aromatic rings. The second kappa shape index (κ2) is 7.14. The highest BCUT2D eigenvalue weighted by Crippen LogP contribution is 2.53. The smallest absolute Gasteiger partial charge is 0.305 e. The van der Waals surface area contributed by atoms with E-state index in [4.69, 9.17) is 4.74 Å². The van der Waals surface area contributed by atoms with Crippen LogP contribution in [0.3, 0.4) is 0 Å². The predicted molar refractivity (Wildman–Crippen MR) is 117 cm³/mol. The van der Waals surface area contributed by atoms with Crippen molar-refractivity contribution in [2.45, 2.75) is 23.1 Å². The first-order chi connectivity index (χ1) is 14.5. The number of hydrogen-bond donors (Lipinski definition) is 1. The van der Waals surface area contributed by atoms with Gasteiger partial charge >= 0.3 is 4.87 Å². The van der Waals surface area contributed by atoms with Crippen LogP contribution < -0.4 is 14.5 Å². The molecule has 8 heteroatoms. The van der Waals surface area contributed by atoms with Gasteiger partial charge in [0.1, 0.15) is 11.0 Å². The number of ether oxygens (including phenoxy) is 1. The molecule has 6 nitrogen and oxygen atoms in total. The van der Waals surface area contributed by atoms with E-state index in [2.05, 4.69) is 4.98 Å². The third-order valence-corrected chi connectivity index (χ3v) is 8.08. The van der Waals surface area contributed by atoms with Crippen LogP contribution in [0.5, 0.6) is 5.75 Å². The lowest BCUT2D eigenvalue weighted by molar-refractivity contribution is -0.122. The Morgan fingerprint density at radius 2 is 1.73 bits per heavy atom. The fourth-order valence-electron chi connectivity index (χ4n) is 4.27. The maximum atomic E-state index is 13.6. The van der Waals surface area contributed by atoms with Crippen LogP contribution in [0.1, 0.15) is 21.9 Å². The van der Waals surface area contributed by atoms with Crippen LogP contribution >= 0.6 is 23.1 Å². The zero-order valence-electron chi connectivity index (χ0n) is 16.2. The second-order valence-corrected chi connectivity index (χ2v) is 9.48. The minimum Gasteiger partial charge on any atom is -0.497 e. The Morgan fingerprint density at radius 3 is 2.43 bits per heavy atom. The summed E-state index contributed by atoms with van der Waals surface area (Å²) >= 11 is 2.41. The minimum absolute atomic E-state index is 0.169. The van der Waals surface area contributed by atoms with E-state index in [1.54, 1.807) is 31.4 Å². The molecule has 2 aliphatic rings. The lowest BCUT2D eigenvalue weighted by Crippen LogP contribution is -2.32. The number of carbonyl (C=O) groups is 2. The number of nitrogens with zero attached hydrogens (tertiary/aromatic N) is 1. The number of H-pyrrole nitrogens is 1. The molecule has 2 aromatic carbocycles. The highest BCUT2D eigenvalue weighted by Gasteiger charge is 2.56.